The molecule has 0 spiro atoms. The Bertz CT molecular complexity index is 2820. The fourth-order valence-electron chi connectivity index (χ4n) is 7.25. The van der Waals surface area contributed by atoms with Gasteiger partial charge in [0, 0.05) is 58.9 Å². The van der Waals surface area contributed by atoms with Crippen molar-refractivity contribution in [3.63, 3.8) is 0 Å². The summed E-state index contributed by atoms with van der Waals surface area (Å²) >= 11 is 0. The minimum atomic E-state index is -6.00. The highest BCUT2D eigenvalue weighted by Gasteiger charge is 2.21. The maximum atomic E-state index is 9.75. The van der Waals surface area contributed by atoms with Crippen molar-refractivity contribution >= 4 is 36.1 Å². The molecule has 0 atom stereocenters. The molecule has 9 rings (SSSR count). The lowest BCUT2D eigenvalue weighted by Crippen LogP contribution is -2.43. The second kappa shape index (κ2) is 37.5. The van der Waals surface area contributed by atoms with E-state index in [2.05, 4.69) is 92.4 Å². The van der Waals surface area contributed by atoms with Gasteiger partial charge in [-0.15, -0.1) is 0 Å². The molecule has 0 unspecified atom stereocenters. The molecule has 5 heterocycles. The maximum Gasteiger partial charge on any atom is 0.673 e. The van der Waals surface area contributed by atoms with Crippen LogP contribution in [-0.4, -0.2) is 128 Å². The van der Waals surface area contributed by atoms with E-state index in [4.69, 9.17) is 58.1 Å². The SMILES string of the molecule is C[N+](=O)[O-].C[N+](=O)[O-].F[B-](F)(F)F.F[B-](F)(F)F.c1cc(-c2cc[n+](CC[n+]3ccc(-c4ccncc4)cc3)cc2)ccn1.c1ccc2cc3c(cc2c1)OCCOCCOCCOc1cc2ccccc2cc1OCCOCCOCCO3. The van der Waals surface area contributed by atoms with Crippen LogP contribution in [0.15, 0.2) is 171 Å². The van der Waals surface area contributed by atoms with Gasteiger partial charge in [-0.3, -0.25) is 30.2 Å². The van der Waals surface area contributed by atoms with E-state index in [-0.39, 0.29) is 0 Å². The lowest BCUT2D eigenvalue weighted by molar-refractivity contribution is -0.778. The van der Waals surface area contributed by atoms with E-state index >= 15 is 0 Å². The van der Waals surface area contributed by atoms with Gasteiger partial charge in [0.15, 0.2) is 61.9 Å². The van der Waals surface area contributed by atoms with E-state index in [0.29, 0.717) is 102 Å². The topological polar surface area (TPSA) is 194 Å². The van der Waals surface area contributed by atoms with Crippen LogP contribution < -0.4 is 28.1 Å². The molecule has 4 aromatic carbocycles. The van der Waals surface area contributed by atoms with Gasteiger partial charge in [0.1, 0.15) is 26.4 Å². The summed E-state index contributed by atoms with van der Waals surface area (Å²) in [6, 6.07) is 40.9. The number of ether oxygens (including phenoxy) is 8. The van der Waals surface area contributed by atoms with Crippen LogP contribution in [0.3, 0.4) is 0 Å². The second-order valence-corrected chi connectivity index (χ2v) is 17.1. The van der Waals surface area contributed by atoms with Crippen molar-refractivity contribution in [2.75, 3.05) is 93.4 Å². The standard InChI is InChI=1S/C32H36O8.C22H20N4.2CH3NO2.2BF4/c1-2-6-26-22-30-29(21-25(26)5-1)37-17-13-33-9-10-35-15-19-39-31-23-27-7-3-4-8-28(27)24-32(31)40-20-16-36-12-11-34-14-18-38-30;1-9-23-10-2-19(1)21-5-13-25(14-6-21)17-18-26-15-7-22(8-16-26)20-3-11-24-12-4-20;2*1-2(3)4;2*2-1(3,4)5/h1-8,21-24H,9-20H2;1-16H,17-18H2;2*1H3;;/q;+2;;;2*-1. The molecule has 1 aliphatic heterocycles. The zero-order valence-corrected chi connectivity index (χ0v) is 45.8. The third kappa shape index (κ3) is 30.5. The number of hydrogen-bond acceptors (Lipinski definition) is 14. The van der Waals surface area contributed by atoms with Crippen LogP contribution in [0, 0.1) is 20.2 Å². The average molecular weight is 1180 g/mol. The number of aryl methyl sites for hydroxylation is 2. The van der Waals surface area contributed by atoms with Gasteiger partial charge < -0.3 is 72.4 Å². The molecule has 0 saturated heterocycles. The van der Waals surface area contributed by atoms with Gasteiger partial charge in [-0.2, -0.15) is 9.13 Å². The molecule has 1 aliphatic rings. The highest BCUT2D eigenvalue weighted by Crippen LogP contribution is 2.34. The molecule has 8 aromatic rings. The molecule has 450 valence electrons. The van der Waals surface area contributed by atoms with E-state index in [0.717, 1.165) is 48.7 Å². The Balaban J connectivity index is 0.000000292. The highest BCUT2D eigenvalue weighted by molar-refractivity contribution is 6.50. The Labute approximate surface area is 478 Å². The van der Waals surface area contributed by atoms with Crippen LogP contribution in [0.5, 0.6) is 23.0 Å². The van der Waals surface area contributed by atoms with Crippen molar-refractivity contribution < 1.29 is 91.4 Å². The minimum absolute atomic E-state index is 0.399. The third-order valence-corrected chi connectivity index (χ3v) is 10.7. The van der Waals surface area contributed by atoms with Gasteiger partial charge in [-0.25, -0.2) is 0 Å². The molecule has 28 heteroatoms. The molecule has 0 N–H and O–H groups in total. The van der Waals surface area contributed by atoms with E-state index < -0.39 is 24.4 Å². The van der Waals surface area contributed by atoms with E-state index in [1.807, 2.05) is 97.6 Å². The van der Waals surface area contributed by atoms with Crippen LogP contribution in [0.1, 0.15) is 0 Å². The molecule has 0 saturated carbocycles. The molecule has 0 aliphatic carbocycles. The Morgan fingerprint density at radius 3 is 0.821 bits per heavy atom. The van der Waals surface area contributed by atoms with Gasteiger partial charge in [-0.05, 0) is 92.3 Å². The number of halogens is 8. The monoisotopic (exact) mass is 1180 g/mol. The van der Waals surface area contributed by atoms with E-state index in [1.165, 1.54) is 22.3 Å². The Kier molecular flexibility index (Phi) is 30.3. The van der Waals surface area contributed by atoms with Crippen LogP contribution >= 0.6 is 0 Å². The van der Waals surface area contributed by atoms with Crippen LogP contribution in [0.25, 0.3) is 43.8 Å². The zero-order valence-electron chi connectivity index (χ0n) is 45.8. The molecule has 18 nitrogen and oxygen atoms in total. The van der Waals surface area contributed by atoms with Crippen molar-refractivity contribution in [1.29, 1.82) is 0 Å². The first-order valence-electron chi connectivity index (χ1n) is 25.8. The van der Waals surface area contributed by atoms with Crippen LogP contribution in [0.2, 0.25) is 0 Å². The number of nitro groups is 2. The highest BCUT2D eigenvalue weighted by atomic mass is 19.5. The molecule has 0 radical (unpaired) electrons. The predicted molar refractivity (Wildman–Crippen MR) is 299 cm³/mol. The number of aromatic nitrogens is 4. The fourth-order valence-corrected chi connectivity index (χ4v) is 7.25. The summed E-state index contributed by atoms with van der Waals surface area (Å²) in [5.41, 5.74) is 4.79. The third-order valence-electron chi connectivity index (χ3n) is 10.7. The van der Waals surface area contributed by atoms with Gasteiger partial charge in [-0.1, -0.05) is 48.5 Å². The van der Waals surface area contributed by atoms with Crippen molar-refractivity contribution in [3.05, 3.63) is 191 Å². The molecular formula is C56H62B2F8N6O12. The quantitative estimate of drug-likeness (QED) is 0.0519. The van der Waals surface area contributed by atoms with Gasteiger partial charge in [0.2, 0.25) is 13.1 Å². The normalized spacial score (nSPS) is 13.5. The number of hydrogen-bond donors (Lipinski definition) is 0. The lowest BCUT2D eigenvalue weighted by atomic mass is 10.1. The summed E-state index contributed by atoms with van der Waals surface area (Å²) in [5, 5.41) is 22.0. The number of benzene rings is 4. The maximum absolute atomic E-state index is 9.75. The molecule has 84 heavy (non-hydrogen) atoms. The number of pyridine rings is 4. The number of nitrogens with zero attached hydrogens (tertiary/aromatic N) is 6. The summed E-state index contributed by atoms with van der Waals surface area (Å²) in [7, 11) is -10.2. The summed E-state index contributed by atoms with van der Waals surface area (Å²) < 4.78 is 129. The Morgan fingerprint density at radius 1 is 0.393 bits per heavy atom. The number of fused-ring (bicyclic) bond motifs is 4. The summed E-state index contributed by atoms with van der Waals surface area (Å²) in [5.74, 6) is 2.73. The molecule has 0 fully saturated rings. The van der Waals surface area contributed by atoms with Crippen molar-refractivity contribution in [2.45, 2.75) is 13.1 Å². The van der Waals surface area contributed by atoms with E-state index in [9.17, 15) is 34.5 Å². The first kappa shape index (κ1) is 67.9. The Morgan fingerprint density at radius 2 is 0.595 bits per heavy atom. The predicted octanol–water partition coefficient (Wildman–Crippen LogP) is 10.8. The van der Waals surface area contributed by atoms with Crippen molar-refractivity contribution in [3.8, 4) is 45.3 Å². The second-order valence-electron chi connectivity index (χ2n) is 17.1. The first-order valence-corrected chi connectivity index (χ1v) is 25.8. The smallest absolute Gasteiger partial charge is 0.487 e. The van der Waals surface area contributed by atoms with Gasteiger partial charge in [0.25, 0.3) is 0 Å². The molecule has 0 bridgehead atoms. The molecule has 0 amide bonds. The lowest BCUT2D eigenvalue weighted by Gasteiger charge is -2.16. The summed E-state index contributed by atoms with van der Waals surface area (Å²) in [4.78, 5) is 24.7. The van der Waals surface area contributed by atoms with Crippen molar-refractivity contribution in [1.82, 2.24) is 9.97 Å². The van der Waals surface area contributed by atoms with Gasteiger partial charge in [0.05, 0.1) is 52.9 Å². The molecular weight excluding hydrogens is 1120 g/mol. The fraction of sp³-hybridized carbons (Fsp3) is 0.286. The largest absolute Gasteiger partial charge is 0.673 e. The average Bonchev–Trinajstić information content (AvgIpc) is 3.59. The van der Waals surface area contributed by atoms with Crippen molar-refractivity contribution in [2.24, 2.45) is 0 Å². The summed E-state index contributed by atoms with van der Waals surface area (Å²) in [6.45, 7) is 7.06. The summed E-state index contributed by atoms with van der Waals surface area (Å²) in [6.07, 6.45) is 15.8. The Hall–Kier alpha value is -8.59. The van der Waals surface area contributed by atoms with E-state index in [1.54, 1.807) is 0 Å². The first-order chi connectivity index (χ1) is 40.2. The van der Waals surface area contributed by atoms with Crippen LogP contribution in [0.4, 0.5) is 34.5 Å². The van der Waals surface area contributed by atoms with Crippen LogP contribution in [-0.2, 0) is 32.0 Å². The molecule has 4 aromatic heterocycles. The number of rotatable bonds is 5. The zero-order chi connectivity index (χ0) is 61.0. The minimum Gasteiger partial charge on any atom is -0.487 e. The van der Waals surface area contributed by atoms with Gasteiger partial charge >= 0.3 is 14.5 Å².